The van der Waals surface area contributed by atoms with E-state index in [1.165, 1.54) is 18.4 Å². The molecule has 0 radical (unpaired) electrons. The first-order valence-corrected chi connectivity index (χ1v) is 6.83. The lowest BCUT2D eigenvalue weighted by Crippen LogP contribution is -2.35. The normalized spacial score (nSPS) is 17.7. The van der Waals surface area contributed by atoms with Crippen molar-refractivity contribution in [2.45, 2.75) is 32.4 Å². The van der Waals surface area contributed by atoms with Crippen LogP contribution in [0.1, 0.15) is 25.3 Å². The maximum Gasteiger partial charge on any atom is 0.0237 e. The Morgan fingerprint density at radius 3 is 2.56 bits per heavy atom. The van der Waals surface area contributed by atoms with Crippen LogP contribution in [0.15, 0.2) is 30.3 Å². The van der Waals surface area contributed by atoms with Gasteiger partial charge in [0.15, 0.2) is 0 Å². The fraction of sp³-hybridized carbons (Fsp3) is 0.571. The second kappa shape index (κ2) is 5.74. The third-order valence-corrected chi connectivity index (χ3v) is 3.70. The molecule has 1 aromatic carbocycles. The monoisotopic (exact) mass is 235 g/mol. The van der Waals surface area contributed by atoms with E-state index in [0.29, 0.717) is 6.04 Å². The minimum absolute atomic E-state index is 0.715. The zero-order chi connectivity index (χ0) is 11.4. The molecule has 2 heteroatoms. The van der Waals surface area contributed by atoms with Crippen LogP contribution in [0.5, 0.6) is 0 Å². The van der Waals surface area contributed by atoms with Crippen LogP contribution >= 0.6 is 12.6 Å². The van der Waals surface area contributed by atoms with Crippen LogP contribution in [0.2, 0.25) is 0 Å². The minimum atomic E-state index is 0.715. The van der Waals surface area contributed by atoms with E-state index < -0.39 is 0 Å². The van der Waals surface area contributed by atoms with Gasteiger partial charge in [0.2, 0.25) is 0 Å². The van der Waals surface area contributed by atoms with Crippen molar-refractivity contribution in [2.24, 2.45) is 5.92 Å². The Hall–Kier alpha value is -0.470. The fourth-order valence-electron chi connectivity index (χ4n) is 2.25. The molecule has 1 atom stereocenters. The minimum Gasteiger partial charge on any atom is -0.295 e. The zero-order valence-electron chi connectivity index (χ0n) is 9.97. The van der Waals surface area contributed by atoms with Crippen molar-refractivity contribution in [2.75, 3.05) is 12.3 Å². The molecule has 1 aromatic rings. The Morgan fingerprint density at radius 1 is 1.31 bits per heavy atom. The predicted molar refractivity (Wildman–Crippen MR) is 72.9 cm³/mol. The summed E-state index contributed by atoms with van der Waals surface area (Å²) in [6.07, 6.45) is 2.83. The first-order valence-electron chi connectivity index (χ1n) is 6.20. The largest absolute Gasteiger partial charge is 0.295 e. The highest BCUT2D eigenvalue weighted by atomic mass is 32.1. The SMILES string of the molecule is CC(C1CC1)N(CCS)Cc1ccccc1. The zero-order valence-corrected chi connectivity index (χ0v) is 10.9. The van der Waals surface area contributed by atoms with Gasteiger partial charge in [-0.2, -0.15) is 12.6 Å². The van der Waals surface area contributed by atoms with Gasteiger partial charge < -0.3 is 0 Å². The highest BCUT2D eigenvalue weighted by molar-refractivity contribution is 7.80. The molecule has 1 aliphatic carbocycles. The summed E-state index contributed by atoms with van der Waals surface area (Å²) in [6, 6.07) is 11.5. The van der Waals surface area contributed by atoms with Crippen molar-refractivity contribution < 1.29 is 0 Å². The van der Waals surface area contributed by atoms with Gasteiger partial charge in [0.25, 0.3) is 0 Å². The van der Waals surface area contributed by atoms with Crippen molar-refractivity contribution in [3.05, 3.63) is 35.9 Å². The molecule has 1 nitrogen and oxygen atoms in total. The summed E-state index contributed by atoms with van der Waals surface area (Å²) in [5.74, 6) is 1.88. The van der Waals surface area contributed by atoms with Crippen LogP contribution in [0.3, 0.4) is 0 Å². The lowest BCUT2D eigenvalue weighted by molar-refractivity contribution is 0.193. The Balaban J connectivity index is 1.96. The van der Waals surface area contributed by atoms with Crippen LogP contribution in [-0.2, 0) is 6.54 Å². The third kappa shape index (κ3) is 3.26. The van der Waals surface area contributed by atoms with Crippen molar-refractivity contribution in [3.8, 4) is 0 Å². The van der Waals surface area contributed by atoms with E-state index in [1.54, 1.807) is 0 Å². The second-order valence-electron chi connectivity index (χ2n) is 4.76. The molecule has 0 bridgehead atoms. The summed E-state index contributed by atoms with van der Waals surface area (Å²) in [7, 11) is 0. The molecule has 0 aliphatic heterocycles. The van der Waals surface area contributed by atoms with Crippen molar-refractivity contribution in [1.29, 1.82) is 0 Å². The fourth-order valence-corrected chi connectivity index (χ4v) is 2.51. The van der Waals surface area contributed by atoms with E-state index in [0.717, 1.165) is 24.8 Å². The number of benzene rings is 1. The van der Waals surface area contributed by atoms with Crippen LogP contribution in [0.25, 0.3) is 0 Å². The lowest BCUT2D eigenvalue weighted by atomic mass is 10.1. The van der Waals surface area contributed by atoms with Gasteiger partial charge in [-0.3, -0.25) is 4.90 Å². The van der Waals surface area contributed by atoms with Crippen molar-refractivity contribution in [3.63, 3.8) is 0 Å². The first kappa shape index (κ1) is 12.0. The van der Waals surface area contributed by atoms with E-state index in [9.17, 15) is 0 Å². The third-order valence-electron chi connectivity index (χ3n) is 3.50. The Kier molecular flexibility index (Phi) is 4.30. The van der Waals surface area contributed by atoms with E-state index in [1.807, 2.05) is 0 Å². The molecule has 0 heterocycles. The Morgan fingerprint density at radius 2 is 2.00 bits per heavy atom. The summed E-state index contributed by atoms with van der Waals surface area (Å²) < 4.78 is 0. The molecule has 16 heavy (non-hydrogen) atoms. The maximum atomic E-state index is 4.37. The summed E-state index contributed by atoms with van der Waals surface area (Å²) in [4.78, 5) is 2.57. The van der Waals surface area contributed by atoms with Crippen LogP contribution in [0.4, 0.5) is 0 Å². The number of rotatable bonds is 6. The average Bonchev–Trinajstić information content (AvgIpc) is 3.13. The molecular formula is C14H21NS. The number of hydrogen-bond acceptors (Lipinski definition) is 2. The van der Waals surface area contributed by atoms with Crippen LogP contribution in [0, 0.1) is 5.92 Å². The standard InChI is InChI=1S/C14H21NS/c1-12(14-7-8-14)15(9-10-16)11-13-5-3-2-4-6-13/h2-6,12,14,16H,7-11H2,1H3. The summed E-state index contributed by atoms with van der Waals surface area (Å²) in [5.41, 5.74) is 1.41. The van der Waals surface area contributed by atoms with Gasteiger partial charge in [0, 0.05) is 24.9 Å². The molecule has 0 aromatic heterocycles. The van der Waals surface area contributed by atoms with Gasteiger partial charge in [-0.15, -0.1) is 0 Å². The van der Waals surface area contributed by atoms with E-state index in [2.05, 4.69) is 54.8 Å². The van der Waals surface area contributed by atoms with Gasteiger partial charge in [-0.05, 0) is 31.2 Å². The molecule has 1 aliphatic rings. The maximum absolute atomic E-state index is 4.37. The molecular weight excluding hydrogens is 214 g/mol. The highest BCUT2D eigenvalue weighted by Crippen LogP contribution is 2.35. The summed E-state index contributed by atoms with van der Waals surface area (Å²) >= 11 is 4.37. The highest BCUT2D eigenvalue weighted by Gasteiger charge is 2.31. The topological polar surface area (TPSA) is 3.24 Å². The first-order chi connectivity index (χ1) is 7.81. The number of thiol groups is 1. The smallest absolute Gasteiger partial charge is 0.0237 e. The van der Waals surface area contributed by atoms with E-state index >= 15 is 0 Å². The number of hydrogen-bond donors (Lipinski definition) is 1. The molecule has 1 unspecified atom stereocenters. The van der Waals surface area contributed by atoms with E-state index in [4.69, 9.17) is 0 Å². The average molecular weight is 235 g/mol. The van der Waals surface area contributed by atoms with Gasteiger partial charge >= 0.3 is 0 Å². The predicted octanol–water partition coefficient (Wildman–Crippen LogP) is 3.22. The molecule has 0 saturated heterocycles. The molecule has 1 fully saturated rings. The van der Waals surface area contributed by atoms with Crippen LogP contribution in [-0.4, -0.2) is 23.2 Å². The Bertz CT molecular complexity index is 308. The summed E-state index contributed by atoms with van der Waals surface area (Å²) in [5, 5.41) is 0. The van der Waals surface area contributed by atoms with Crippen molar-refractivity contribution >= 4 is 12.6 Å². The van der Waals surface area contributed by atoms with Crippen molar-refractivity contribution in [1.82, 2.24) is 4.90 Å². The molecule has 2 rings (SSSR count). The molecule has 0 amide bonds. The molecule has 0 spiro atoms. The Labute approximate surface area is 104 Å². The van der Waals surface area contributed by atoms with Crippen LogP contribution < -0.4 is 0 Å². The van der Waals surface area contributed by atoms with Gasteiger partial charge in [0.1, 0.15) is 0 Å². The lowest BCUT2D eigenvalue weighted by Gasteiger charge is -2.28. The van der Waals surface area contributed by atoms with Gasteiger partial charge in [0.05, 0.1) is 0 Å². The van der Waals surface area contributed by atoms with Gasteiger partial charge in [-0.25, -0.2) is 0 Å². The number of nitrogens with zero attached hydrogens (tertiary/aromatic N) is 1. The quantitative estimate of drug-likeness (QED) is 0.741. The van der Waals surface area contributed by atoms with Gasteiger partial charge in [-0.1, -0.05) is 30.3 Å². The van der Waals surface area contributed by atoms with E-state index in [-0.39, 0.29) is 0 Å². The second-order valence-corrected chi connectivity index (χ2v) is 5.20. The summed E-state index contributed by atoms with van der Waals surface area (Å²) in [6.45, 7) is 4.53. The molecule has 88 valence electrons. The molecule has 0 N–H and O–H groups in total. The molecule has 1 saturated carbocycles.